The third-order valence-corrected chi connectivity index (χ3v) is 4.85. The number of nitriles is 1. The van der Waals surface area contributed by atoms with Gasteiger partial charge < -0.3 is 4.74 Å². The average Bonchev–Trinajstić information content (AvgIpc) is 2.61. The lowest BCUT2D eigenvalue weighted by Gasteiger charge is -2.26. The molecule has 1 aromatic rings. The van der Waals surface area contributed by atoms with Gasteiger partial charge in [0, 0.05) is 0 Å². The minimum absolute atomic E-state index is 0.613. The van der Waals surface area contributed by atoms with Crippen molar-refractivity contribution in [3.05, 3.63) is 42.0 Å². The Bertz CT molecular complexity index is 504. The van der Waals surface area contributed by atoms with Gasteiger partial charge in [-0.15, -0.1) is 0 Å². The van der Waals surface area contributed by atoms with Crippen molar-refractivity contribution < 1.29 is 4.74 Å². The predicted molar refractivity (Wildman–Crippen MR) is 95.4 cm³/mol. The van der Waals surface area contributed by atoms with Gasteiger partial charge in [0.2, 0.25) is 0 Å². The second-order valence-corrected chi connectivity index (χ2v) is 6.65. The van der Waals surface area contributed by atoms with Crippen LogP contribution in [0.4, 0.5) is 0 Å². The highest BCUT2D eigenvalue weighted by Gasteiger charge is 2.18. The smallest absolute Gasteiger partial charge is 0.119 e. The number of hydrogen-bond acceptors (Lipinski definition) is 2. The second kappa shape index (κ2) is 10.1. The fourth-order valence-electron chi connectivity index (χ4n) is 3.37. The molecular weight excluding hydrogens is 282 g/mol. The maximum atomic E-state index is 8.76. The summed E-state index contributed by atoms with van der Waals surface area (Å²) in [5, 5.41) is 8.76. The van der Waals surface area contributed by atoms with Gasteiger partial charge >= 0.3 is 0 Å². The van der Waals surface area contributed by atoms with Gasteiger partial charge in [0.15, 0.2) is 0 Å². The topological polar surface area (TPSA) is 33.0 Å². The molecule has 1 aliphatic rings. The summed E-state index contributed by atoms with van der Waals surface area (Å²) in [6.07, 6.45) is 15.5. The third-order valence-electron chi connectivity index (χ3n) is 4.85. The van der Waals surface area contributed by atoms with Crippen molar-refractivity contribution in [2.45, 2.75) is 58.3 Å². The van der Waals surface area contributed by atoms with Crippen LogP contribution in [0.15, 0.2) is 36.4 Å². The Balaban J connectivity index is 1.62. The van der Waals surface area contributed by atoms with E-state index in [1.54, 1.807) is 12.1 Å². The molecule has 0 heterocycles. The van der Waals surface area contributed by atoms with Crippen LogP contribution in [0, 0.1) is 23.2 Å². The maximum absolute atomic E-state index is 8.76. The molecule has 1 fully saturated rings. The van der Waals surface area contributed by atoms with Crippen molar-refractivity contribution in [3.63, 3.8) is 0 Å². The van der Waals surface area contributed by atoms with Gasteiger partial charge in [-0.2, -0.15) is 5.26 Å². The van der Waals surface area contributed by atoms with E-state index in [1.165, 1.54) is 51.4 Å². The Morgan fingerprint density at radius 1 is 1.13 bits per heavy atom. The number of allylic oxidation sites excluding steroid dienone is 1. The summed E-state index contributed by atoms with van der Waals surface area (Å²) < 4.78 is 5.69. The van der Waals surface area contributed by atoms with Gasteiger partial charge in [0.25, 0.3) is 0 Å². The van der Waals surface area contributed by atoms with E-state index in [-0.39, 0.29) is 0 Å². The first kappa shape index (κ1) is 17.6. The van der Waals surface area contributed by atoms with Crippen molar-refractivity contribution >= 4 is 0 Å². The van der Waals surface area contributed by atoms with Gasteiger partial charge in [-0.3, -0.25) is 0 Å². The zero-order chi connectivity index (χ0) is 16.3. The van der Waals surface area contributed by atoms with Crippen LogP contribution >= 0.6 is 0 Å². The number of ether oxygens (including phenoxy) is 1. The fraction of sp³-hybridized carbons (Fsp3) is 0.571. The standard InChI is InChI=1S/C21H29NO/c1-2-3-4-6-18-8-10-19(11-9-18)7-5-16-23-21-14-12-20(17-22)13-15-21/h5,7,12-15,18-19H,2-4,6,8-11,16H2,1H3. The molecular formula is C21H29NO. The first-order valence-electron chi connectivity index (χ1n) is 9.11. The van der Waals surface area contributed by atoms with Gasteiger partial charge in [-0.25, -0.2) is 0 Å². The highest BCUT2D eigenvalue weighted by Crippen LogP contribution is 2.32. The molecule has 0 saturated heterocycles. The highest BCUT2D eigenvalue weighted by atomic mass is 16.5. The Labute approximate surface area is 141 Å². The van der Waals surface area contributed by atoms with Crippen LogP contribution in [0.2, 0.25) is 0 Å². The molecule has 0 unspecified atom stereocenters. The molecule has 124 valence electrons. The molecule has 0 amide bonds. The van der Waals surface area contributed by atoms with Crippen LogP contribution in [0.1, 0.15) is 63.9 Å². The first-order chi connectivity index (χ1) is 11.3. The lowest BCUT2D eigenvalue weighted by atomic mass is 9.79. The van der Waals surface area contributed by atoms with Crippen LogP contribution < -0.4 is 4.74 Å². The number of benzene rings is 1. The molecule has 1 aromatic carbocycles. The van der Waals surface area contributed by atoms with Gasteiger partial charge in [0.05, 0.1) is 11.6 Å². The fourth-order valence-corrected chi connectivity index (χ4v) is 3.37. The Morgan fingerprint density at radius 2 is 1.87 bits per heavy atom. The van der Waals surface area contributed by atoms with Gasteiger partial charge in [-0.1, -0.05) is 44.8 Å². The van der Waals surface area contributed by atoms with Gasteiger partial charge in [-0.05, 0) is 61.8 Å². The van der Waals surface area contributed by atoms with Crippen LogP contribution in [-0.2, 0) is 0 Å². The van der Waals surface area contributed by atoms with Crippen LogP contribution in [0.25, 0.3) is 0 Å². The Kier molecular flexibility index (Phi) is 7.73. The summed E-state index contributed by atoms with van der Waals surface area (Å²) in [6.45, 7) is 2.89. The number of nitrogens with zero attached hydrogens (tertiary/aromatic N) is 1. The molecule has 0 spiro atoms. The summed E-state index contributed by atoms with van der Waals surface area (Å²) in [6, 6.07) is 9.41. The molecule has 0 aliphatic heterocycles. The molecule has 0 aromatic heterocycles. The molecule has 0 bridgehead atoms. The molecule has 0 atom stereocenters. The summed E-state index contributed by atoms with van der Waals surface area (Å²) >= 11 is 0. The second-order valence-electron chi connectivity index (χ2n) is 6.65. The molecule has 1 aliphatic carbocycles. The summed E-state index contributed by atoms with van der Waals surface area (Å²) in [5.41, 5.74) is 0.670. The average molecular weight is 311 g/mol. The predicted octanol–water partition coefficient (Wildman–Crippen LogP) is 5.88. The number of hydrogen-bond donors (Lipinski definition) is 0. The monoisotopic (exact) mass is 311 g/mol. The molecule has 0 radical (unpaired) electrons. The summed E-state index contributed by atoms with van der Waals surface area (Å²) in [4.78, 5) is 0. The van der Waals surface area contributed by atoms with E-state index >= 15 is 0 Å². The number of unbranched alkanes of at least 4 members (excludes halogenated alkanes) is 2. The third kappa shape index (κ3) is 6.48. The van der Waals surface area contributed by atoms with Crippen molar-refractivity contribution in [2.75, 3.05) is 6.61 Å². The quantitative estimate of drug-likeness (QED) is 0.443. The normalized spacial score (nSPS) is 21.2. The molecule has 2 nitrogen and oxygen atoms in total. The van der Waals surface area contributed by atoms with E-state index in [9.17, 15) is 0 Å². The molecule has 23 heavy (non-hydrogen) atoms. The van der Waals surface area contributed by atoms with Crippen molar-refractivity contribution in [2.24, 2.45) is 11.8 Å². The summed E-state index contributed by atoms with van der Waals surface area (Å²) in [5.74, 6) is 2.54. The minimum Gasteiger partial charge on any atom is -0.490 e. The molecule has 2 heteroatoms. The SMILES string of the molecule is CCCCCC1CCC(C=CCOc2ccc(C#N)cc2)CC1. The van der Waals surface area contributed by atoms with Crippen molar-refractivity contribution in [3.8, 4) is 11.8 Å². The first-order valence-corrected chi connectivity index (χ1v) is 9.11. The lowest BCUT2D eigenvalue weighted by Crippen LogP contribution is -2.13. The Morgan fingerprint density at radius 3 is 2.52 bits per heavy atom. The van der Waals surface area contributed by atoms with Crippen molar-refractivity contribution in [1.82, 2.24) is 0 Å². The number of rotatable bonds is 8. The van der Waals surface area contributed by atoms with Crippen LogP contribution in [0.5, 0.6) is 5.75 Å². The van der Waals surface area contributed by atoms with Gasteiger partial charge in [0.1, 0.15) is 12.4 Å². The largest absolute Gasteiger partial charge is 0.490 e. The van der Waals surface area contributed by atoms with Crippen LogP contribution in [-0.4, -0.2) is 6.61 Å². The van der Waals surface area contributed by atoms with E-state index in [2.05, 4.69) is 25.1 Å². The molecule has 2 rings (SSSR count). The lowest BCUT2D eigenvalue weighted by molar-refractivity contribution is 0.288. The minimum atomic E-state index is 0.613. The van der Waals surface area contributed by atoms with E-state index in [0.717, 1.165) is 17.6 Å². The van der Waals surface area contributed by atoms with E-state index in [1.807, 2.05) is 12.1 Å². The highest BCUT2D eigenvalue weighted by molar-refractivity contribution is 5.34. The van der Waals surface area contributed by atoms with Crippen molar-refractivity contribution in [1.29, 1.82) is 5.26 Å². The molecule has 1 saturated carbocycles. The van der Waals surface area contributed by atoms with Crippen LogP contribution in [0.3, 0.4) is 0 Å². The molecule has 0 N–H and O–H groups in total. The maximum Gasteiger partial charge on any atom is 0.119 e. The van der Waals surface area contributed by atoms with E-state index < -0.39 is 0 Å². The Hall–Kier alpha value is -1.75. The van der Waals surface area contributed by atoms with E-state index in [4.69, 9.17) is 10.00 Å². The zero-order valence-corrected chi connectivity index (χ0v) is 14.3. The zero-order valence-electron chi connectivity index (χ0n) is 14.3. The van der Waals surface area contributed by atoms with E-state index in [0.29, 0.717) is 12.2 Å². The summed E-state index contributed by atoms with van der Waals surface area (Å²) in [7, 11) is 0.